The number of hydrogen-bond donors (Lipinski definition) is 2. The van der Waals surface area contributed by atoms with Crippen LogP contribution in [0.5, 0.6) is 11.5 Å². The molecule has 11 heteroatoms. The van der Waals surface area contributed by atoms with Crippen molar-refractivity contribution in [2.75, 3.05) is 19.0 Å². The summed E-state index contributed by atoms with van der Waals surface area (Å²) in [6.07, 6.45) is -3.95. The molecule has 0 fully saturated rings. The van der Waals surface area contributed by atoms with Crippen LogP contribution in [0.25, 0.3) is 10.2 Å². The minimum atomic E-state index is -3.67. The van der Waals surface area contributed by atoms with E-state index in [2.05, 4.69) is 19.8 Å². The van der Waals surface area contributed by atoms with E-state index in [-0.39, 0.29) is 48.9 Å². The van der Waals surface area contributed by atoms with E-state index < -0.39 is 6.29 Å². The van der Waals surface area contributed by atoms with E-state index >= 15 is 0 Å². The Morgan fingerprint density at radius 3 is 2.75 bits per heavy atom. The van der Waals surface area contributed by atoms with E-state index in [0.717, 1.165) is 11.3 Å². The minimum absolute atomic E-state index is 0. The number of rotatable bonds is 5. The predicted molar refractivity (Wildman–Crippen MR) is 86.2 cm³/mol. The minimum Gasteiger partial charge on any atom is -0.395 e. The Labute approximate surface area is 145 Å². The van der Waals surface area contributed by atoms with Gasteiger partial charge in [0.1, 0.15) is 0 Å². The summed E-state index contributed by atoms with van der Waals surface area (Å²) in [5.74, 6) is -0.451. The number of fused-ring (bicyclic) bond motifs is 2. The number of carbonyl (C=O) groups is 1. The number of nitrogens with zero attached hydrogens (tertiary/aromatic N) is 1. The zero-order valence-corrected chi connectivity index (χ0v) is 14.0. The van der Waals surface area contributed by atoms with E-state index in [1.807, 2.05) is 0 Å². The molecule has 0 radical (unpaired) electrons. The Kier molecular flexibility index (Phi) is 5.43. The Morgan fingerprint density at radius 2 is 2.12 bits per heavy atom. The predicted octanol–water partition coefficient (Wildman–Crippen LogP) is 2.34. The van der Waals surface area contributed by atoms with Crippen LogP contribution in [-0.2, 0) is 9.53 Å². The summed E-state index contributed by atoms with van der Waals surface area (Å²) >= 11 is 1.14. The van der Waals surface area contributed by atoms with E-state index in [4.69, 9.17) is 10.5 Å². The average molecular weight is 382 g/mol. The Hall–Kier alpha value is -1.75. The molecule has 3 rings (SSSR count). The van der Waals surface area contributed by atoms with Crippen molar-refractivity contribution < 1.29 is 27.8 Å². The molecule has 2 aromatic rings. The number of alkyl halides is 2. The lowest BCUT2D eigenvalue weighted by Gasteiger charge is -2.11. The highest BCUT2D eigenvalue weighted by Crippen LogP contribution is 2.44. The lowest BCUT2D eigenvalue weighted by Crippen LogP contribution is -2.28. The second kappa shape index (κ2) is 7.01. The number of nitrogens with two attached hydrogens (primary N) is 1. The van der Waals surface area contributed by atoms with Crippen molar-refractivity contribution in [1.82, 2.24) is 4.98 Å². The SMILES string of the molecule is COC(CN)CC(=O)Nc1nc2cc3c(cc2s1)OC(F)(F)O3.Cl. The Bertz CT molecular complexity index is 709. The smallest absolute Gasteiger partial charge is 0.395 e. The van der Waals surface area contributed by atoms with Crippen molar-refractivity contribution >= 4 is 45.0 Å². The summed E-state index contributed by atoms with van der Waals surface area (Å²) in [4.78, 5) is 16.0. The van der Waals surface area contributed by atoms with Crippen molar-refractivity contribution in [3.05, 3.63) is 12.1 Å². The van der Waals surface area contributed by atoms with Gasteiger partial charge in [0.2, 0.25) is 5.91 Å². The number of carbonyl (C=O) groups excluding carboxylic acids is 1. The third-order valence-electron chi connectivity index (χ3n) is 3.17. The quantitative estimate of drug-likeness (QED) is 0.825. The Morgan fingerprint density at radius 1 is 1.46 bits per heavy atom. The fourth-order valence-corrected chi connectivity index (χ4v) is 2.96. The van der Waals surface area contributed by atoms with Crippen LogP contribution >= 0.6 is 23.7 Å². The van der Waals surface area contributed by atoms with Crippen molar-refractivity contribution in [2.24, 2.45) is 5.73 Å². The van der Waals surface area contributed by atoms with Crippen molar-refractivity contribution in [2.45, 2.75) is 18.8 Å². The van der Waals surface area contributed by atoms with Crippen LogP contribution < -0.4 is 20.5 Å². The lowest BCUT2D eigenvalue weighted by atomic mass is 10.2. The van der Waals surface area contributed by atoms with Gasteiger partial charge in [0, 0.05) is 25.8 Å². The molecule has 0 saturated carbocycles. The monoisotopic (exact) mass is 381 g/mol. The summed E-state index contributed by atoms with van der Waals surface area (Å²) in [5, 5.41) is 2.96. The van der Waals surface area contributed by atoms with Crippen LogP contribution in [0.1, 0.15) is 6.42 Å². The van der Waals surface area contributed by atoms with Gasteiger partial charge in [-0.2, -0.15) is 0 Å². The highest BCUT2D eigenvalue weighted by molar-refractivity contribution is 7.22. The van der Waals surface area contributed by atoms with E-state index in [1.165, 1.54) is 19.2 Å². The molecule has 0 bridgehead atoms. The molecule has 0 saturated heterocycles. The number of methoxy groups -OCH3 is 1. The first-order valence-corrected chi connectivity index (χ1v) is 7.45. The Balaban J connectivity index is 0.00000208. The summed E-state index contributed by atoms with van der Waals surface area (Å²) in [7, 11) is 1.47. The molecular weight excluding hydrogens is 368 g/mol. The maximum atomic E-state index is 13.0. The average Bonchev–Trinajstić information content (AvgIpc) is 2.98. The van der Waals surface area contributed by atoms with Gasteiger partial charge < -0.3 is 25.3 Å². The number of amides is 1. The highest BCUT2D eigenvalue weighted by Gasteiger charge is 2.43. The molecule has 0 spiro atoms. The van der Waals surface area contributed by atoms with Gasteiger partial charge in [-0.15, -0.1) is 21.2 Å². The van der Waals surface area contributed by atoms with Gasteiger partial charge in [0.25, 0.3) is 0 Å². The zero-order valence-electron chi connectivity index (χ0n) is 12.4. The van der Waals surface area contributed by atoms with Gasteiger partial charge in [0.15, 0.2) is 16.6 Å². The van der Waals surface area contributed by atoms with Crippen LogP contribution in [0, 0.1) is 0 Å². The van der Waals surface area contributed by atoms with Gasteiger partial charge in [-0.3, -0.25) is 4.79 Å². The normalized spacial score (nSPS) is 15.8. The number of hydrogen-bond acceptors (Lipinski definition) is 7. The molecule has 1 amide bonds. The van der Waals surface area contributed by atoms with Gasteiger partial charge in [-0.1, -0.05) is 11.3 Å². The third kappa shape index (κ3) is 3.83. The van der Waals surface area contributed by atoms with E-state index in [0.29, 0.717) is 15.3 Å². The van der Waals surface area contributed by atoms with Crippen LogP contribution in [0.2, 0.25) is 0 Å². The second-order valence-corrected chi connectivity index (χ2v) is 5.83. The molecule has 1 aromatic carbocycles. The van der Waals surface area contributed by atoms with Crippen molar-refractivity contribution in [3.8, 4) is 11.5 Å². The van der Waals surface area contributed by atoms with Gasteiger partial charge >= 0.3 is 6.29 Å². The molecule has 132 valence electrons. The molecule has 1 aliphatic heterocycles. The first-order valence-electron chi connectivity index (χ1n) is 6.63. The lowest BCUT2D eigenvalue weighted by molar-refractivity contribution is -0.286. The van der Waals surface area contributed by atoms with Gasteiger partial charge in [-0.25, -0.2) is 4.98 Å². The molecule has 1 atom stereocenters. The standard InChI is InChI=1S/C13H13F2N3O4S.ClH/c1-20-6(5-16)2-11(19)18-12-17-7-3-8-9(4-10(7)23-12)22-13(14,15)21-8;/h3-4,6H,2,5,16H2,1H3,(H,17,18,19);1H. The molecule has 1 unspecified atom stereocenters. The van der Waals surface area contributed by atoms with E-state index in [1.54, 1.807) is 0 Å². The summed E-state index contributed by atoms with van der Waals surface area (Å²) in [6, 6.07) is 2.74. The highest BCUT2D eigenvalue weighted by atomic mass is 35.5. The first kappa shape index (κ1) is 18.6. The van der Waals surface area contributed by atoms with Crippen molar-refractivity contribution in [3.63, 3.8) is 0 Å². The number of thiazole rings is 1. The fraction of sp³-hybridized carbons (Fsp3) is 0.385. The number of nitrogens with one attached hydrogen (secondary N) is 1. The van der Waals surface area contributed by atoms with Crippen molar-refractivity contribution in [1.29, 1.82) is 0 Å². The maximum absolute atomic E-state index is 13.0. The number of aromatic nitrogens is 1. The number of benzene rings is 1. The molecule has 3 N–H and O–H groups in total. The van der Waals surface area contributed by atoms with Crippen LogP contribution in [0.4, 0.5) is 13.9 Å². The van der Waals surface area contributed by atoms with Gasteiger partial charge in [0.05, 0.1) is 22.7 Å². The van der Waals surface area contributed by atoms with Crippen LogP contribution in [-0.4, -0.2) is 36.9 Å². The molecule has 7 nitrogen and oxygen atoms in total. The summed E-state index contributed by atoms with van der Waals surface area (Å²) in [5.41, 5.74) is 5.88. The molecule has 24 heavy (non-hydrogen) atoms. The number of halogens is 3. The maximum Gasteiger partial charge on any atom is 0.586 e. The van der Waals surface area contributed by atoms with E-state index in [9.17, 15) is 13.6 Å². The molecule has 0 aliphatic carbocycles. The number of anilines is 1. The topological polar surface area (TPSA) is 95.7 Å². The third-order valence-corrected chi connectivity index (χ3v) is 4.10. The van der Waals surface area contributed by atoms with Crippen LogP contribution in [0.3, 0.4) is 0 Å². The largest absolute Gasteiger partial charge is 0.586 e. The van der Waals surface area contributed by atoms with Gasteiger partial charge in [-0.05, 0) is 0 Å². The second-order valence-electron chi connectivity index (χ2n) is 4.80. The molecule has 1 aromatic heterocycles. The fourth-order valence-electron chi connectivity index (χ4n) is 2.07. The zero-order chi connectivity index (χ0) is 16.6. The summed E-state index contributed by atoms with van der Waals surface area (Å²) < 4.78 is 40.4. The summed E-state index contributed by atoms with van der Waals surface area (Å²) in [6.45, 7) is 0.222. The number of ether oxygens (including phenoxy) is 3. The molecule has 1 aliphatic rings. The molecular formula is C13H14ClF2N3O4S. The molecule has 2 heterocycles. The first-order chi connectivity index (χ1) is 10.9. The van der Waals surface area contributed by atoms with Crippen LogP contribution in [0.15, 0.2) is 12.1 Å².